The average Bonchev–Trinajstić information content (AvgIpc) is 2.86. The molecule has 3 rings (SSSR count). The average molecular weight is 465 g/mol. The number of aromatic nitrogens is 1. The van der Waals surface area contributed by atoms with Crippen LogP contribution in [0.1, 0.15) is 70.8 Å². The minimum absolute atomic E-state index is 0.364. The molecule has 1 saturated heterocycles. The third-order valence-electron chi connectivity index (χ3n) is 6.29. The first-order valence-electron chi connectivity index (χ1n) is 12.3. The number of nitrogens with zero attached hydrogens (tertiary/aromatic N) is 3. The molecule has 188 valence electrons. The number of nitrogens with one attached hydrogen (secondary N) is 1. The van der Waals surface area contributed by atoms with Crippen LogP contribution in [-0.2, 0) is 9.53 Å². The zero-order valence-corrected chi connectivity index (χ0v) is 21.2. The van der Waals surface area contributed by atoms with Gasteiger partial charge < -0.3 is 19.6 Å². The van der Waals surface area contributed by atoms with Gasteiger partial charge >= 0.3 is 6.09 Å². The molecule has 1 aliphatic heterocycles. The summed E-state index contributed by atoms with van der Waals surface area (Å²) in [4.78, 5) is 30.5. The number of ether oxygens (including phenoxy) is 1. The smallest absolute Gasteiger partial charge is 0.411 e. The van der Waals surface area contributed by atoms with Crippen molar-refractivity contribution in [1.29, 1.82) is 0 Å². The quantitative estimate of drug-likeness (QED) is 0.598. The summed E-state index contributed by atoms with van der Waals surface area (Å²) in [7, 11) is 2.88. The fraction of sp³-hybridized carbons (Fsp3) is 0.720. The Kier molecular flexibility index (Phi) is 14.2. The van der Waals surface area contributed by atoms with Crippen molar-refractivity contribution >= 4 is 24.0 Å². The van der Waals surface area contributed by atoms with E-state index in [9.17, 15) is 9.59 Å². The molecule has 1 saturated carbocycles. The molecule has 0 bridgehead atoms. The lowest BCUT2D eigenvalue weighted by Gasteiger charge is -2.34. The number of carbonyl (C=O) groups is 2. The second-order valence-electron chi connectivity index (χ2n) is 8.64. The fourth-order valence-corrected chi connectivity index (χ4v) is 4.42. The van der Waals surface area contributed by atoms with Crippen molar-refractivity contribution in [3.63, 3.8) is 0 Å². The molecule has 2 fully saturated rings. The van der Waals surface area contributed by atoms with Crippen LogP contribution >= 0.6 is 0 Å². The first-order valence-corrected chi connectivity index (χ1v) is 12.3. The molecule has 2 heterocycles. The maximum Gasteiger partial charge on any atom is 0.411 e. The van der Waals surface area contributed by atoms with Crippen LogP contribution in [0, 0.1) is 12.8 Å². The third-order valence-corrected chi connectivity index (χ3v) is 6.29. The number of anilines is 2. The Balaban J connectivity index is 0.000000380. The molecular weight excluding hydrogens is 420 g/mol. The van der Waals surface area contributed by atoms with Crippen LogP contribution in [-0.4, -0.2) is 67.4 Å². The van der Waals surface area contributed by atoms with Crippen LogP contribution in [0.2, 0.25) is 0 Å². The van der Waals surface area contributed by atoms with Crippen LogP contribution in [0.4, 0.5) is 16.3 Å². The van der Waals surface area contributed by atoms with Crippen LogP contribution in [0.5, 0.6) is 0 Å². The van der Waals surface area contributed by atoms with Crippen molar-refractivity contribution < 1.29 is 19.4 Å². The summed E-state index contributed by atoms with van der Waals surface area (Å²) >= 11 is 0. The summed E-state index contributed by atoms with van der Waals surface area (Å²) in [6, 6.07) is 2.49. The number of aliphatic hydroxyl groups is 1. The van der Waals surface area contributed by atoms with Crippen molar-refractivity contribution in [3.05, 3.63) is 17.8 Å². The molecule has 0 radical (unpaired) electrons. The number of rotatable bonds is 6. The van der Waals surface area contributed by atoms with Crippen molar-refractivity contribution in [2.45, 2.75) is 78.2 Å². The Morgan fingerprint density at radius 3 is 2.52 bits per heavy atom. The second kappa shape index (κ2) is 16.3. The maximum absolute atomic E-state index is 11.4. The van der Waals surface area contributed by atoms with E-state index in [2.05, 4.69) is 22.1 Å². The largest absolute Gasteiger partial charge is 0.450 e. The van der Waals surface area contributed by atoms with E-state index in [1.807, 2.05) is 20.0 Å². The van der Waals surface area contributed by atoms with E-state index >= 15 is 0 Å². The highest BCUT2D eigenvalue weighted by molar-refractivity contribution is 5.84. The van der Waals surface area contributed by atoms with E-state index in [-0.39, 0.29) is 0 Å². The van der Waals surface area contributed by atoms with Crippen LogP contribution in [0.3, 0.4) is 0 Å². The molecule has 2 aliphatic rings. The topological polar surface area (TPSA) is 95.0 Å². The molecule has 0 aromatic carbocycles. The van der Waals surface area contributed by atoms with Crippen molar-refractivity contribution in [3.8, 4) is 0 Å². The molecule has 1 unspecified atom stereocenters. The molecule has 1 aromatic heterocycles. The number of hydrogen-bond donors (Lipinski definition) is 2. The SMILES string of the molecule is CCOC(=O)Nc1cnc(N2CCCC(CC)C2)c(C)c1.CN(C=O)C1CCCCC1.CO. The number of hydrogen-bond acceptors (Lipinski definition) is 6. The Morgan fingerprint density at radius 2 is 1.94 bits per heavy atom. The summed E-state index contributed by atoms with van der Waals surface area (Å²) in [6.45, 7) is 8.58. The molecule has 33 heavy (non-hydrogen) atoms. The van der Waals surface area contributed by atoms with Gasteiger partial charge in [0, 0.05) is 33.3 Å². The molecule has 1 aliphatic carbocycles. The Morgan fingerprint density at radius 1 is 1.24 bits per heavy atom. The molecule has 8 nitrogen and oxygen atoms in total. The molecule has 1 atom stereocenters. The second-order valence-corrected chi connectivity index (χ2v) is 8.64. The van der Waals surface area contributed by atoms with Gasteiger partial charge in [0.25, 0.3) is 0 Å². The minimum Gasteiger partial charge on any atom is -0.450 e. The first-order chi connectivity index (χ1) is 16.0. The highest BCUT2D eigenvalue weighted by Crippen LogP contribution is 2.27. The van der Waals surface area contributed by atoms with Gasteiger partial charge in [0.2, 0.25) is 6.41 Å². The number of pyridine rings is 1. The monoisotopic (exact) mass is 464 g/mol. The van der Waals surface area contributed by atoms with E-state index < -0.39 is 6.09 Å². The minimum atomic E-state index is -0.435. The number of aliphatic hydroxyl groups excluding tert-OH is 1. The molecular formula is C25H44N4O4. The first kappa shape index (κ1) is 28.7. The number of carbonyl (C=O) groups excluding carboxylic acids is 2. The molecule has 0 spiro atoms. The van der Waals surface area contributed by atoms with Gasteiger partial charge in [-0.05, 0) is 57.1 Å². The van der Waals surface area contributed by atoms with E-state index in [0.29, 0.717) is 18.3 Å². The van der Waals surface area contributed by atoms with E-state index in [1.165, 1.54) is 51.4 Å². The Hall–Kier alpha value is -2.35. The highest BCUT2D eigenvalue weighted by Gasteiger charge is 2.21. The van der Waals surface area contributed by atoms with E-state index in [4.69, 9.17) is 9.84 Å². The lowest BCUT2D eigenvalue weighted by atomic mass is 9.95. The summed E-state index contributed by atoms with van der Waals surface area (Å²) in [5.41, 5.74) is 1.76. The summed E-state index contributed by atoms with van der Waals surface area (Å²) in [5, 5.41) is 9.69. The van der Waals surface area contributed by atoms with Gasteiger partial charge in [-0.2, -0.15) is 0 Å². The van der Waals surface area contributed by atoms with Crippen LogP contribution in [0.15, 0.2) is 12.3 Å². The van der Waals surface area contributed by atoms with Crippen molar-refractivity contribution in [2.24, 2.45) is 5.92 Å². The lowest BCUT2D eigenvalue weighted by molar-refractivity contribution is -0.119. The predicted octanol–water partition coefficient (Wildman–Crippen LogP) is 4.60. The Bertz CT molecular complexity index is 695. The lowest BCUT2D eigenvalue weighted by Crippen LogP contribution is -2.36. The van der Waals surface area contributed by atoms with Gasteiger partial charge in [-0.3, -0.25) is 10.1 Å². The third kappa shape index (κ3) is 9.98. The van der Waals surface area contributed by atoms with Gasteiger partial charge in [-0.25, -0.2) is 9.78 Å². The Labute approximate surface area is 199 Å². The standard InChI is InChI=1S/C16H25N3O2.C8H15NO.CH4O/c1-4-13-7-6-8-19(11-13)15-12(3)9-14(10-17-15)18-16(20)21-5-2;1-9(7-10)8-5-3-2-4-6-8;1-2/h9-10,13H,4-8,11H2,1-3H3,(H,18,20);7-8H,2-6H2,1H3;2H,1H3. The van der Waals surface area contributed by atoms with Crippen LogP contribution < -0.4 is 10.2 Å². The predicted molar refractivity (Wildman–Crippen MR) is 134 cm³/mol. The summed E-state index contributed by atoms with van der Waals surface area (Å²) < 4.78 is 4.87. The molecule has 8 heteroatoms. The van der Waals surface area contributed by atoms with Crippen LogP contribution in [0.25, 0.3) is 0 Å². The zero-order valence-electron chi connectivity index (χ0n) is 21.2. The molecule has 1 aromatic rings. The van der Waals surface area contributed by atoms with Crippen molar-refractivity contribution in [1.82, 2.24) is 9.88 Å². The van der Waals surface area contributed by atoms with Gasteiger partial charge in [0.1, 0.15) is 5.82 Å². The van der Waals surface area contributed by atoms with Gasteiger partial charge in [-0.1, -0.05) is 32.6 Å². The summed E-state index contributed by atoms with van der Waals surface area (Å²) in [6.07, 6.45) is 12.3. The highest BCUT2D eigenvalue weighted by atomic mass is 16.5. The fourth-order valence-electron chi connectivity index (χ4n) is 4.42. The van der Waals surface area contributed by atoms with Gasteiger partial charge in [0.05, 0.1) is 18.5 Å². The number of amides is 2. The molecule has 2 N–H and O–H groups in total. The maximum atomic E-state index is 11.4. The molecule has 2 amide bonds. The van der Waals surface area contributed by atoms with E-state index in [0.717, 1.165) is 43.9 Å². The number of aryl methyl sites for hydroxylation is 1. The summed E-state index contributed by atoms with van der Waals surface area (Å²) in [5.74, 6) is 1.79. The number of piperidine rings is 1. The van der Waals surface area contributed by atoms with Gasteiger partial charge in [-0.15, -0.1) is 0 Å². The van der Waals surface area contributed by atoms with Gasteiger partial charge in [0.15, 0.2) is 0 Å². The normalized spacial score (nSPS) is 18.1. The zero-order chi connectivity index (χ0) is 24.6. The van der Waals surface area contributed by atoms with Crippen molar-refractivity contribution in [2.75, 3.05) is 44.1 Å². The van der Waals surface area contributed by atoms with E-state index in [1.54, 1.807) is 18.0 Å².